The summed E-state index contributed by atoms with van der Waals surface area (Å²) in [6, 6.07) is 6.40. The molecule has 1 saturated heterocycles. The van der Waals surface area contributed by atoms with Crippen LogP contribution in [0.4, 0.5) is 4.39 Å². The second kappa shape index (κ2) is 9.93. The van der Waals surface area contributed by atoms with E-state index >= 15 is 0 Å². The van der Waals surface area contributed by atoms with Crippen molar-refractivity contribution in [1.29, 1.82) is 0 Å². The van der Waals surface area contributed by atoms with Gasteiger partial charge in [-0.25, -0.2) is 13.9 Å². The van der Waals surface area contributed by atoms with Gasteiger partial charge in [0, 0.05) is 43.8 Å². The van der Waals surface area contributed by atoms with Crippen molar-refractivity contribution >= 4 is 29.1 Å². The molecule has 2 amide bonds. The number of fused-ring (bicyclic) bond motifs is 1. The second-order valence-corrected chi connectivity index (χ2v) is 11.6. The third-order valence-electron chi connectivity index (χ3n) is 7.75. The van der Waals surface area contributed by atoms with Gasteiger partial charge in [-0.1, -0.05) is 25.4 Å². The minimum absolute atomic E-state index is 0.00199. The molecule has 0 spiro atoms. The fourth-order valence-corrected chi connectivity index (χ4v) is 5.58. The van der Waals surface area contributed by atoms with Gasteiger partial charge in [0.15, 0.2) is 5.65 Å². The quantitative estimate of drug-likeness (QED) is 0.463. The first-order valence-corrected chi connectivity index (χ1v) is 13.4. The van der Waals surface area contributed by atoms with Crippen LogP contribution in [0.3, 0.4) is 0 Å². The molecule has 1 aliphatic heterocycles. The lowest BCUT2D eigenvalue weighted by Gasteiger charge is -2.48. The van der Waals surface area contributed by atoms with E-state index in [1.165, 1.54) is 6.07 Å². The molecule has 38 heavy (non-hydrogen) atoms. The molecular formula is C28H33ClFN5O3. The normalized spacial score (nSPS) is 21.2. The van der Waals surface area contributed by atoms with E-state index in [0.29, 0.717) is 42.2 Å². The Balaban J connectivity index is 1.40. The lowest BCUT2D eigenvalue weighted by molar-refractivity contribution is -0.147. The van der Waals surface area contributed by atoms with Gasteiger partial charge >= 0.3 is 0 Å². The number of carbonyl (C=O) groups is 2. The topological polar surface area (TPSA) is 80.0 Å². The third-order valence-corrected chi connectivity index (χ3v) is 8.04. The molecule has 2 aliphatic rings. The minimum atomic E-state index is -0.560. The van der Waals surface area contributed by atoms with E-state index in [9.17, 15) is 14.0 Å². The maximum absolute atomic E-state index is 13.7. The molecule has 0 unspecified atom stereocenters. The number of amides is 2. The molecule has 3 heterocycles. The van der Waals surface area contributed by atoms with Gasteiger partial charge in [0.2, 0.25) is 5.91 Å². The first-order valence-electron chi connectivity index (χ1n) is 13.0. The summed E-state index contributed by atoms with van der Waals surface area (Å²) in [5.41, 5.74) is 2.54. The fourth-order valence-electron chi connectivity index (χ4n) is 5.40. The molecule has 10 heteroatoms. The van der Waals surface area contributed by atoms with Crippen molar-refractivity contribution in [3.05, 3.63) is 52.6 Å². The van der Waals surface area contributed by atoms with Gasteiger partial charge in [-0.3, -0.25) is 9.59 Å². The van der Waals surface area contributed by atoms with Gasteiger partial charge < -0.3 is 14.5 Å². The maximum Gasteiger partial charge on any atom is 0.274 e. The van der Waals surface area contributed by atoms with Crippen molar-refractivity contribution < 1.29 is 18.7 Å². The van der Waals surface area contributed by atoms with Crippen LogP contribution in [0.25, 0.3) is 16.9 Å². The van der Waals surface area contributed by atoms with E-state index < -0.39 is 11.4 Å². The second-order valence-electron chi connectivity index (χ2n) is 11.2. The largest absolute Gasteiger partial charge is 0.381 e. The van der Waals surface area contributed by atoms with Gasteiger partial charge in [-0.15, -0.1) is 0 Å². The summed E-state index contributed by atoms with van der Waals surface area (Å²) in [4.78, 5) is 35.1. The monoisotopic (exact) mass is 541 g/mol. The molecule has 1 saturated carbocycles. The Morgan fingerprint density at radius 1 is 1.18 bits per heavy atom. The van der Waals surface area contributed by atoms with Crippen LogP contribution in [0.2, 0.25) is 5.02 Å². The highest BCUT2D eigenvalue weighted by molar-refractivity contribution is 6.31. The van der Waals surface area contributed by atoms with Crippen LogP contribution in [0.1, 0.15) is 62.5 Å². The molecule has 5 rings (SSSR count). The first-order chi connectivity index (χ1) is 18.0. The Morgan fingerprint density at radius 3 is 2.55 bits per heavy atom. The Bertz CT molecular complexity index is 1400. The molecule has 202 valence electrons. The Morgan fingerprint density at radius 2 is 1.92 bits per heavy atom. The van der Waals surface area contributed by atoms with Crippen molar-refractivity contribution in [2.75, 3.05) is 26.7 Å². The third kappa shape index (κ3) is 4.78. The van der Waals surface area contributed by atoms with Crippen LogP contribution < -0.4 is 0 Å². The number of nitrogens with zero attached hydrogens (tertiary/aromatic N) is 5. The summed E-state index contributed by atoms with van der Waals surface area (Å²) in [5, 5.41) is 4.69. The summed E-state index contributed by atoms with van der Waals surface area (Å²) in [6.45, 7) is 9.42. The van der Waals surface area contributed by atoms with Crippen molar-refractivity contribution in [2.45, 2.75) is 58.1 Å². The van der Waals surface area contributed by atoms with E-state index in [4.69, 9.17) is 21.3 Å². The average Bonchev–Trinajstić information content (AvgIpc) is 3.27. The molecule has 0 radical (unpaired) electrons. The van der Waals surface area contributed by atoms with Gasteiger partial charge in [0.1, 0.15) is 11.5 Å². The van der Waals surface area contributed by atoms with Gasteiger partial charge in [0.05, 0.1) is 28.6 Å². The van der Waals surface area contributed by atoms with Crippen LogP contribution in [0.5, 0.6) is 0 Å². The van der Waals surface area contributed by atoms with Crippen molar-refractivity contribution in [3.8, 4) is 11.3 Å². The van der Waals surface area contributed by atoms with Crippen molar-refractivity contribution in [1.82, 2.24) is 24.4 Å². The van der Waals surface area contributed by atoms with E-state index in [1.54, 1.807) is 34.9 Å². The number of ether oxygens (including phenoxy) is 1. The number of carbonyl (C=O) groups excluding carboxylic acids is 2. The average molecular weight is 542 g/mol. The summed E-state index contributed by atoms with van der Waals surface area (Å²) < 4.78 is 20.7. The fraction of sp³-hybridized carbons (Fsp3) is 0.500. The number of halogens is 2. The minimum Gasteiger partial charge on any atom is -0.381 e. The standard InChI is InChI=1S/C28H33ClFN5O3/c1-16(2)20-13-23(17-6-7-22(30)21(29)12-17)32-35-14-24(31-25(20)35)27(37)34-9-8-33(15-28(34,3)4)26(36)18-10-19(11-18)38-5/h6-7,12-14,16,18-19H,8-11,15H2,1-5H3. The van der Waals surface area contributed by atoms with Crippen LogP contribution in [-0.4, -0.2) is 74.6 Å². The Hall–Kier alpha value is -3.04. The molecule has 0 N–H and O–H groups in total. The molecule has 0 bridgehead atoms. The van der Waals surface area contributed by atoms with E-state index in [2.05, 4.69) is 5.10 Å². The number of hydrogen-bond donors (Lipinski definition) is 0. The Kier molecular flexibility index (Phi) is 6.94. The zero-order chi connectivity index (χ0) is 27.4. The van der Waals surface area contributed by atoms with Crippen LogP contribution in [-0.2, 0) is 9.53 Å². The first kappa shape index (κ1) is 26.6. The maximum atomic E-state index is 13.7. The molecule has 2 fully saturated rings. The number of rotatable bonds is 5. The summed E-state index contributed by atoms with van der Waals surface area (Å²) in [5.74, 6) is -0.438. The number of hydrogen-bond acceptors (Lipinski definition) is 5. The number of imidazole rings is 1. The van der Waals surface area contributed by atoms with Crippen molar-refractivity contribution in [3.63, 3.8) is 0 Å². The van der Waals surface area contributed by atoms with E-state index in [0.717, 1.165) is 18.4 Å². The van der Waals surface area contributed by atoms with Crippen LogP contribution in [0.15, 0.2) is 30.5 Å². The predicted octanol–water partition coefficient (Wildman–Crippen LogP) is 4.80. The van der Waals surface area contributed by atoms with Gasteiger partial charge in [-0.2, -0.15) is 5.10 Å². The highest BCUT2D eigenvalue weighted by Crippen LogP contribution is 2.34. The van der Waals surface area contributed by atoms with E-state index in [-0.39, 0.29) is 34.8 Å². The Labute approximate surface area is 226 Å². The summed E-state index contributed by atoms with van der Waals surface area (Å²) in [6.07, 6.45) is 3.33. The molecule has 2 aromatic heterocycles. The number of methoxy groups -OCH3 is 1. The zero-order valence-electron chi connectivity index (χ0n) is 22.4. The van der Waals surface area contributed by atoms with Crippen molar-refractivity contribution in [2.24, 2.45) is 5.92 Å². The summed E-state index contributed by atoms with van der Waals surface area (Å²) in [7, 11) is 1.68. The smallest absolute Gasteiger partial charge is 0.274 e. The SMILES string of the molecule is COC1CC(C(=O)N2CCN(C(=O)c3cn4nc(-c5ccc(F)c(Cl)c5)cc(C(C)C)c4n3)C(C)(C)C2)C1. The van der Waals surface area contributed by atoms with Crippen LogP contribution in [0, 0.1) is 11.7 Å². The molecule has 8 nitrogen and oxygen atoms in total. The zero-order valence-corrected chi connectivity index (χ0v) is 23.1. The molecule has 0 atom stereocenters. The molecule has 3 aromatic rings. The number of aromatic nitrogens is 3. The number of piperazine rings is 1. The highest BCUT2D eigenvalue weighted by atomic mass is 35.5. The molecular weight excluding hydrogens is 509 g/mol. The van der Waals surface area contributed by atoms with E-state index in [1.807, 2.05) is 38.7 Å². The van der Waals surface area contributed by atoms with Gasteiger partial charge in [0.25, 0.3) is 5.91 Å². The van der Waals surface area contributed by atoms with Gasteiger partial charge in [-0.05, 0) is 56.9 Å². The predicted molar refractivity (Wildman–Crippen MR) is 143 cm³/mol. The lowest BCUT2D eigenvalue weighted by atomic mass is 9.80. The highest BCUT2D eigenvalue weighted by Gasteiger charge is 2.43. The summed E-state index contributed by atoms with van der Waals surface area (Å²) >= 11 is 6.01. The van der Waals surface area contributed by atoms with Crippen LogP contribution >= 0.6 is 11.6 Å². The number of benzene rings is 1. The molecule has 1 aromatic carbocycles. The molecule has 1 aliphatic carbocycles. The lowest BCUT2D eigenvalue weighted by Crippen LogP contribution is -2.63.